The van der Waals surface area contributed by atoms with Crippen LogP contribution in [0.5, 0.6) is 17.4 Å². The van der Waals surface area contributed by atoms with Crippen LogP contribution in [0.25, 0.3) is 22.2 Å². The molecule has 2 heterocycles. The standard InChI is InChI=1S/C23H18N2O3/c1-2-27-16-10-7-15(8-11-16)21-24-22(26)19-13-18-17-6-4-3-5-14(17)9-12-20(18)28-23(19)25-21/h3-12H,2,13H2,1H3,(H,24,25,26). The van der Waals surface area contributed by atoms with E-state index in [0.29, 0.717) is 30.3 Å². The first-order valence-corrected chi connectivity index (χ1v) is 9.28. The quantitative estimate of drug-likeness (QED) is 0.501. The summed E-state index contributed by atoms with van der Waals surface area (Å²) in [7, 11) is 0. The van der Waals surface area contributed by atoms with E-state index in [1.165, 1.54) is 0 Å². The third kappa shape index (κ3) is 2.72. The van der Waals surface area contributed by atoms with Crippen molar-refractivity contribution in [2.24, 2.45) is 0 Å². The lowest BCUT2D eigenvalue weighted by atomic mass is 9.96. The molecule has 0 amide bonds. The van der Waals surface area contributed by atoms with Crippen molar-refractivity contribution < 1.29 is 9.47 Å². The van der Waals surface area contributed by atoms with Gasteiger partial charge in [-0.15, -0.1) is 0 Å². The molecule has 1 aliphatic heterocycles. The van der Waals surface area contributed by atoms with Crippen LogP contribution in [-0.4, -0.2) is 16.6 Å². The summed E-state index contributed by atoms with van der Waals surface area (Å²) in [5, 5.41) is 2.23. The third-order valence-electron chi connectivity index (χ3n) is 4.97. The van der Waals surface area contributed by atoms with Crippen LogP contribution in [0.4, 0.5) is 0 Å². The van der Waals surface area contributed by atoms with Crippen molar-refractivity contribution >= 4 is 10.8 Å². The van der Waals surface area contributed by atoms with E-state index in [0.717, 1.165) is 33.4 Å². The molecular formula is C23H18N2O3. The predicted octanol–water partition coefficient (Wildman–Crippen LogP) is 4.69. The number of aromatic amines is 1. The second-order valence-electron chi connectivity index (χ2n) is 6.70. The number of hydrogen-bond donors (Lipinski definition) is 1. The second kappa shape index (κ2) is 6.53. The molecule has 28 heavy (non-hydrogen) atoms. The van der Waals surface area contributed by atoms with Crippen molar-refractivity contribution in [3.05, 3.63) is 82.1 Å². The lowest BCUT2D eigenvalue weighted by molar-refractivity contribution is 0.340. The van der Waals surface area contributed by atoms with Crippen LogP contribution in [0.3, 0.4) is 0 Å². The van der Waals surface area contributed by atoms with Crippen LogP contribution in [0.15, 0.2) is 65.5 Å². The van der Waals surface area contributed by atoms with E-state index in [1.54, 1.807) is 0 Å². The van der Waals surface area contributed by atoms with Crippen LogP contribution in [-0.2, 0) is 6.42 Å². The average Bonchev–Trinajstić information content (AvgIpc) is 2.73. The molecule has 5 heteroatoms. The Morgan fingerprint density at radius 1 is 1.04 bits per heavy atom. The SMILES string of the molecule is CCOc1ccc(-c2nc3c(c(=O)[nH]2)Cc2c(ccc4ccccc24)O3)cc1. The zero-order chi connectivity index (χ0) is 19.1. The van der Waals surface area contributed by atoms with Gasteiger partial charge in [0.1, 0.15) is 17.3 Å². The molecule has 4 aromatic rings. The van der Waals surface area contributed by atoms with Crippen LogP contribution < -0.4 is 15.0 Å². The zero-order valence-electron chi connectivity index (χ0n) is 15.4. The van der Waals surface area contributed by atoms with E-state index in [4.69, 9.17) is 9.47 Å². The van der Waals surface area contributed by atoms with Gasteiger partial charge in [0, 0.05) is 17.5 Å². The Hall–Kier alpha value is -3.60. The highest BCUT2D eigenvalue weighted by atomic mass is 16.5. The van der Waals surface area contributed by atoms with Gasteiger partial charge in [-0.1, -0.05) is 30.3 Å². The summed E-state index contributed by atoms with van der Waals surface area (Å²) >= 11 is 0. The molecule has 0 spiro atoms. The Kier molecular flexibility index (Phi) is 3.86. The lowest BCUT2D eigenvalue weighted by Crippen LogP contribution is -2.20. The van der Waals surface area contributed by atoms with Gasteiger partial charge in [0.25, 0.3) is 5.56 Å². The predicted molar refractivity (Wildman–Crippen MR) is 108 cm³/mol. The van der Waals surface area contributed by atoms with Gasteiger partial charge in [0.15, 0.2) is 0 Å². The van der Waals surface area contributed by atoms with Crippen molar-refractivity contribution in [3.63, 3.8) is 0 Å². The molecule has 1 aliphatic rings. The fourth-order valence-electron chi connectivity index (χ4n) is 3.60. The summed E-state index contributed by atoms with van der Waals surface area (Å²) in [6.07, 6.45) is 0.498. The molecular weight excluding hydrogens is 352 g/mol. The van der Waals surface area contributed by atoms with Crippen molar-refractivity contribution in [1.82, 2.24) is 9.97 Å². The molecule has 0 saturated heterocycles. The van der Waals surface area contributed by atoms with Gasteiger partial charge in [0.2, 0.25) is 5.88 Å². The van der Waals surface area contributed by atoms with E-state index in [9.17, 15) is 4.79 Å². The summed E-state index contributed by atoms with van der Waals surface area (Å²) in [6, 6.07) is 19.6. The first-order valence-electron chi connectivity index (χ1n) is 9.28. The highest BCUT2D eigenvalue weighted by Crippen LogP contribution is 2.38. The molecule has 1 aromatic heterocycles. The number of fused-ring (bicyclic) bond motifs is 4. The first-order chi connectivity index (χ1) is 13.7. The van der Waals surface area contributed by atoms with E-state index >= 15 is 0 Å². The molecule has 0 bridgehead atoms. The number of aromatic nitrogens is 2. The van der Waals surface area contributed by atoms with Gasteiger partial charge in [-0.25, -0.2) is 0 Å². The third-order valence-corrected chi connectivity index (χ3v) is 4.97. The topological polar surface area (TPSA) is 64.2 Å². The van der Waals surface area contributed by atoms with Gasteiger partial charge in [0.05, 0.1) is 12.2 Å². The number of nitrogens with one attached hydrogen (secondary N) is 1. The van der Waals surface area contributed by atoms with Crippen LogP contribution in [0.2, 0.25) is 0 Å². The minimum Gasteiger partial charge on any atom is -0.494 e. The van der Waals surface area contributed by atoms with Gasteiger partial charge >= 0.3 is 0 Å². The highest BCUT2D eigenvalue weighted by molar-refractivity contribution is 5.88. The average molecular weight is 370 g/mol. The Labute approximate surface area is 161 Å². The van der Waals surface area contributed by atoms with Crippen LogP contribution in [0.1, 0.15) is 18.1 Å². The molecule has 0 fully saturated rings. The molecule has 0 unspecified atom stereocenters. The van der Waals surface area contributed by atoms with Gasteiger partial charge in [-0.3, -0.25) is 4.79 Å². The monoisotopic (exact) mass is 370 g/mol. The normalized spacial score (nSPS) is 12.2. The molecule has 5 nitrogen and oxygen atoms in total. The van der Waals surface area contributed by atoms with Crippen molar-refractivity contribution in [2.75, 3.05) is 6.61 Å². The van der Waals surface area contributed by atoms with E-state index < -0.39 is 0 Å². The maximum absolute atomic E-state index is 12.8. The van der Waals surface area contributed by atoms with E-state index in [2.05, 4.69) is 22.1 Å². The maximum Gasteiger partial charge on any atom is 0.258 e. The van der Waals surface area contributed by atoms with Gasteiger partial charge < -0.3 is 14.5 Å². The summed E-state index contributed by atoms with van der Waals surface area (Å²) in [5.41, 5.74) is 2.20. The molecule has 1 N–H and O–H groups in total. The maximum atomic E-state index is 12.8. The molecule has 0 radical (unpaired) electrons. The summed E-state index contributed by atoms with van der Waals surface area (Å²) in [4.78, 5) is 20.2. The zero-order valence-corrected chi connectivity index (χ0v) is 15.4. The number of nitrogens with zero attached hydrogens (tertiary/aromatic N) is 1. The minimum absolute atomic E-state index is 0.174. The van der Waals surface area contributed by atoms with Crippen LogP contribution >= 0.6 is 0 Å². The lowest BCUT2D eigenvalue weighted by Gasteiger charge is -2.20. The summed E-state index contributed by atoms with van der Waals surface area (Å²) in [5.74, 6) is 2.39. The fraction of sp³-hybridized carbons (Fsp3) is 0.130. The Morgan fingerprint density at radius 3 is 2.68 bits per heavy atom. The number of H-pyrrole nitrogens is 1. The van der Waals surface area contributed by atoms with Gasteiger partial charge in [-0.2, -0.15) is 4.98 Å². The Morgan fingerprint density at radius 2 is 1.86 bits per heavy atom. The van der Waals surface area contributed by atoms with E-state index in [1.807, 2.05) is 55.5 Å². The minimum atomic E-state index is -0.174. The van der Waals surface area contributed by atoms with Crippen molar-refractivity contribution in [1.29, 1.82) is 0 Å². The Bertz CT molecular complexity index is 1240. The van der Waals surface area contributed by atoms with Crippen molar-refractivity contribution in [3.8, 4) is 28.8 Å². The number of rotatable bonds is 3. The number of benzene rings is 3. The van der Waals surface area contributed by atoms with Gasteiger partial charge in [-0.05, 0) is 48.0 Å². The smallest absolute Gasteiger partial charge is 0.258 e. The number of hydrogen-bond acceptors (Lipinski definition) is 4. The molecule has 0 saturated carbocycles. The van der Waals surface area contributed by atoms with Crippen LogP contribution in [0, 0.1) is 0 Å². The molecule has 138 valence electrons. The molecule has 3 aromatic carbocycles. The van der Waals surface area contributed by atoms with E-state index in [-0.39, 0.29) is 5.56 Å². The molecule has 0 aliphatic carbocycles. The Balaban J connectivity index is 1.57. The summed E-state index contributed by atoms with van der Waals surface area (Å²) < 4.78 is 11.5. The largest absolute Gasteiger partial charge is 0.494 e. The number of ether oxygens (including phenoxy) is 2. The van der Waals surface area contributed by atoms with Crippen molar-refractivity contribution in [2.45, 2.75) is 13.3 Å². The highest BCUT2D eigenvalue weighted by Gasteiger charge is 2.24. The summed E-state index contributed by atoms with van der Waals surface area (Å²) in [6.45, 7) is 2.55. The fourth-order valence-corrected chi connectivity index (χ4v) is 3.60. The second-order valence-corrected chi connectivity index (χ2v) is 6.70. The first kappa shape index (κ1) is 16.6. The molecule has 0 atom stereocenters. The molecule has 5 rings (SSSR count).